The van der Waals surface area contributed by atoms with E-state index in [1.165, 1.54) is 0 Å². The van der Waals surface area contributed by atoms with Gasteiger partial charge >= 0.3 is 0 Å². The van der Waals surface area contributed by atoms with Crippen LogP contribution in [0, 0.1) is 11.6 Å². The Hall–Kier alpha value is -1.83. The molecule has 21 heavy (non-hydrogen) atoms. The largest absolute Gasteiger partial charge is 0.326 e. The van der Waals surface area contributed by atoms with E-state index in [2.05, 4.69) is 4.72 Å². The van der Waals surface area contributed by atoms with Gasteiger partial charge in [0.25, 0.3) is 0 Å². The molecular weight excluding hydrogens is 298 g/mol. The minimum Gasteiger partial charge on any atom is -0.326 e. The molecule has 0 aliphatic rings. The molecule has 0 aliphatic heterocycles. The third-order valence-electron chi connectivity index (χ3n) is 2.87. The maximum absolute atomic E-state index is 13.1. The van der Waals surface area contributed by atoms with Gasteiger partial charge in [-0.3, -0.25) is 0 Å². The van der Waals surface area contributed by atoms with Gasteiger partial charge in [-0.1, -0.05) is 24.3 Å². The lowest BCUT2D eigenvalue weighted by atomic mass is 10.1. The van der Waals surface area contributed by atoms with Gasteiger partial charge in [0.15, 0.2) is 0 Å². The Labute approximate surface area is 121 Å². The molecule has 2 aromatic rings. The zero-order valence-electron chi connectivity index (χ0n) is 11.0. The van der Waals surface area contributed by atoms with Crippen LogP contribution in [0.5, 0.6) is 0 Å². The lowest BCUT2D eigenvalue weighted by Gasteiger charge is -2.08. The van der Waals surface area contributed by atoms with Crippen molar-refractivity contribution in [2.75, 3.05) is 0 Å². The fourth-order valence-electron chi connectivity index (χ4n) is 1.74. The molecule has 0 heterocycles. The molecule has 7 heteroatoms. The van der Waals surface area contributed by atoms with Gasteiger partial charge in [0.2, 0.25) is 10.0 Å². The van der Waals surface area contributed by atoms with Crippen molar-refractivity contribution >= 4 is 10.0 Å². The Morgan fingerprint density at radius 1 is 0.952 bits per heavy atom. The van der Waals surface area contributed by atoms with E-state index in [-0.39, 0.29) is 6.54 Å². The zero-order valence-corrected chi connectivity index (χ0v) is 11.8. The highest BCUT2D eigenvalue weighted by atomic mass is 32.2. The van der Waals surface area contributed by atoms with Crippen LogP contribution in [0.2, 0.25) is 0 Å². The van der Waals surface area contributed by atoms with Gasteiger partial charge in [0, 0.05) is 19.2 Å². The van der Waals surface area contributed by atoms with Gasteiger partial charge in [0.1, 0.15) is 11.6 Å². The third kappa shape index (κ3) is 4.07. The average Bonchev–Trinajstić information content (AvgIpc) is 2.45. The summed E-state index contributed by atoms with van der Waals surface area (Å²) in [5.41, 5.74) is 7.11. The van der Waals surface area contributed by atoms with Crippen molar-refractivity contribution in [3.63, 3.8) is 0 Å². The van der Waals surface area contributed by atoms with Crippen molar-refractivity contribution in [3.05, 3.63) is 65.2 Å². The highest BCUT2D eigenvalue weighted by molar-refractivity contribution is 7.89. The number of hydrogen-bond donors (Lipinski definition) is 2. The summed E-state index contributed by atoms with van der Waals surface area (Å²) < 4.78 is 52.4. The van der Waals surface area contributed by atoms with Crippen LogP contribution < -0.4 is 10.5 Å². The Morgan fingerprint density at radius 3 is 2.00 bits per heavy atom. The van der Waals surface area contributed by atoms with Crippen LogP contribution >= 0.6 is 0 Å². The van der Waals surface area contributed by atoms with Crippen LogP contribution in [0.25, 0.3) is 0 Å². The summed E-state index contributed by atoms with van der Waals surface area (Å²) in [7, 11) is -3.97. The first-order chi connectivity index (χ1) is 9.90. The lowest BCUT2D eigenvalue weighted by molar-refractivity contribution is 0.561. The molecule has 4 nitrogen and oxygen atoms in total. The zero-order chi connectivity index (χ0) is 15.5. The van der Waals surface area contributed by atoms with Gasteiger partial charge in [-0.15, -0.1) is 0 Å². The van der Waals surface area contributed by atoms with Gasteiger partial charge in [0.05, 0.1) is 4.90 Å². The van der Waals surface area contributed by atoms with E-state index in [9.17, 15) is 17.2 Å². The highest BCUT2D eigenvalue weighted by Gasteiger charge is 2.16. The molecule has 0 amide bonds. The highest BCUT2D eigenvalue weighted by Crippen LogP contribution is 2.14. The number of nitrogens with one attached hydrogen (secondary N) is 1. The molecule has 2 rings (SSSR count). The smallest absolute Gasteiger partial charge is 0.241 e. The molecule has 0 saturated heterocycles. The van der Waals surface area contributed by atoms with E-state index in [0.717, 1.165) is 17.7 Å². The van der Waals surface area contributed by atoms with E-state index in [1.54, 1.807) is 24.3 Å². The number of sulfonamides is 1. The number of hydrogen-bond acceptors (Lipinski definition) is 3. The topological polar surface area (TPSA) is 72.2 Å². The van der Waals surface area contributed by atoms with E-state index in [4.69, 9.17) is 5.73 Å². The van der Waals surface area contributed by atoms with Crippen molar-refractivity contribution in [2.45, 2.75) is 18.0 Å². The summed E-state index contributed by atoms with van der Waals surface area (Å²) in [6, 6.07) is 9.18. The van der Waals surface area contributed by atoms with Gasteiger partial charge < -0.3 is 5.73 Å². The predicted octanol–water partition coefficient (Wildman–Crippen LogP) is 1.90. The molecule has 112 valence electrons. The van der Waals surface area contributed by atoms with E-state index < -0.39 is 26.6 Å². The summed E-state index contributed by atoms with van der Waals surface area (Å²) in [4.78, 5) is -0.446. The number of benzene rings is 2. The van der Waals surface area contributed by atoms with Crippen LogP contribution in [-0.2, 0) is 23.1 Å². The first kappa shape index (κ1) is 15.6. The molecule has 0 unspecified atom stereocenters. The summed E-state index contributed by atoms with van der Waals surface area (Å²) in [5, 5.41) is 0. The fourth-order valence-corrected chi connectivity index (χ4v) is 2.80. The molecular formula is C14H14F2N2O2S. The Balaban J connectivity index is 2.13. The first-order valence-corrected chi connectivity index (χ1v) is 7.63. The van der Waals surface area contributed by atoms with Gasteiger partial charge in [-0.05, 0) is 23.3 Å². The summed E-state index contributed by atoms with van der Waals surface area (Å²) in [6.07, 6.45) is 0. The SMILES string of the molecule is NCc1ccc(CNS(=O)(=O)c2cc(F)cc(F)c2)cc1. The Morgan fingerprint density at radius 2 is 1.48 bits per heavy atom. The third-order valence-corrected chi connectivity index (χ3v) is 4.25. The second-order valence-corrected chi connectivity index (χ2v) is 6.22. The second kappa shape index (κ2) is 6.30. The predicted molar refractivity (Wildman–Crippen MR) is 74.7 cm³/mol. The Bertz CT molecular complexity index is 711. The molecule has 0 spiro atoms. The molecule has 0 aliphatic carbocycles. The summed E-state index contributed by atoms with van der Waals surface area (Å²) >= 11 is 0. The Kier molecular flexibility index (Phi) is 4.66. The number of nitrogens with two attached hydrogens (primary N) is 1. The van der Waals surface area contributed by atoms with Crippen molar-refractivity contribution in [2.24, 2.45) is 5.73 Å². The van der Waals surface area contributed by atoms with Crippen LogP contribution in [0.4, 0.5) is 8.78 Å². The van der Waals surface area contributed by atoms with Crippen LogP contribution in [-0.4, -0.2) is 8.42 Å². The van der Waals surface area contributed by atoms with Crippen LogP contribution in [0.3, 0.4) is 0 Å². The van der Waals surface area contributed by atoms with Gasteiger partial charge in [-0.2, -0.15) is 0 Å². The van der Waals surface area contributed by atoms with E-state index in [1.807, 2.05) is 0 Å². The average molecular weight is 312 g/mol. The summed E-state index contributed by atoms with van der Waals surface area (Å²) in [5.74, 6) is -1.88. The van der Waals surface area contributed by atoms with Gasteiger partial charge in [-0.25, -0.2) is 21.9 Å². The molecule has 2 aromatic carbocycles. The molecule has 0 atom stereocenters. The minimum absolute atomic E-state index is 0.0192. The molecule has 3 N–H and O–H groups in total. The summed E-state index contributed by atoms with van der Waals surface area (Å²) in [6.45, 7) is 0.417. The minimum atomic E-state index is -3.97. The molecule has 0 radical (unpaired) electrons. The quantitative estimate of drug-likeness (QED) is 0.886. The first-order valence-electron chi connectivity index (χ1n) is 6.14. The fraction of sp³-hybridized carbons (Fsp3) is 0.143. The van der Waals surface area contributed by atoms with E-state index in [0.29, 0.717) is 18.2 Å². The van der Waals surface area contributed by atoms with Crippen molar-refractivity contribution in [1.29, 1.82) is 0 Å². The van der Waals surface area contributed by atoms with Crippen molar-refractivity contribution in [3.8, 4) is 0 Å². The monoisotopic (exact) mass is 312 g/mol. The molecule has 0 fully saturated rings. The second-order valence-electron chi connectivity index (χ2n) is 4.45. The number of rotatable bonds is 5. The maximum Gasteiger partial charge on any atom is 0.241 e. The number of halogens is 2. The van der Waals surface area contributed by atoms with Crippen LogP contribution in [0.15, 0.2) is 47.4 Å². The molecule has 0 saturated carbocycles. The van der Waals surface area contributed by atoms with Crippen molar-refractivity contribution in [1.82, 2.24) is 4.72 Å². The lowest BCUT2D eigenvalue weighted by Crippen LogP contribution is -2.23. The molecule has 0 aromatic heterocycles. The molecule has 0 bridgehead atoms. The normalized spacial score (nSPS) is 11.6. The van der Waals surface area contributed by atoms with Crippen molar-refractivity contribution < 1.29 is 17.2 Å². The maximum atomic E-state index is 13.1. The van der Waals surface area contributed by atoms with E-state index >= 15 is 0 Å². The van der Waals surface area contributed by atoms with Crippen LogP contribution in [0.1, 0.15) is 11.1 Å². The standard InChI is InChI=1S/C14H14F2N2O2S/c15-12-5-13(16)7-14(6-12)21(19,20)18-9-11-3-1-10(8-17)2-4-11/h1-7,18H,8-9,17H2.